The van der Waals surface area contributed by atoms with Gasteiger partial charge in [0.25, 0.3) is 0 Å². The van der Waals surface area contributed by atoms with Crippen LogP contribution in [0.2, 0.25) is 0 Å². The monoisotopic (exact) mass is 590 g/mol. The summed E-state index contributed by atoms with van der Waals surface area (Å²) >= 11 is 0. The molecule has 0 unspecified atom stereocenters. The second-order valence-corrected chi connectivity index (χ2v) is 12.2. The molecule has 4 atom stereocenters. The second kappa shape index (κ2) is 10.2. The van der Waals surface area contributed by atoms with Crippen molar-refractivity contribution in [1.29, 1.82) is 0 Å². The molecule has 43 heavy (non-hydrogen) atoms. The highest BCUT2D eigenvalue weighted by atomic mass is 19.1. The van der Waals surface area contributed by atoms with Crippen LogP contribution in [0.4, 0.5) is 19.0 Å². The molecule has 0 amide bonds. The molecule has 11 heteroatoms. The first kappa shape index (κ1) is 26.9. The minimum absolute atomic E-state index is 0.0240. The van der Waals surface area contributed by atoms with Crippen LogP contribution in [-0.4, -0.2) is 83.0 Å². The van der Waals surface area contributed by atoms with E-state index in [0.29, 0.717) is 53.7 Å². The van der Waals surface area contributed by atoms with Crippen molar-refractivity contribution in [3.8, 4) is 23.1 Å². The smallest absolute Gasteiger partial charge is 0.319 e. The van der Waals surface area contributed by atoms with E-state index in [-0.39, 0.29) is 41.8 Å². The normalized spacial score (nSPS) is 26.8. The third-order valence-electron chi connectivity index (χ3n) is 9.79. The molecule has 6 heterocycles. The molecule has 2 aromatic heterocycles. The second-order valence-electron chi connectivity index (χ2n) is 12.2. The number of anilines is 1. The Labute approximate surface area is 247 Å². The zero-order valence-electron chi connectivity index (χ0n) is 24.0. The van der Waals surface area contributed by atoms with Crippen LogP contribution >= 0.6 is 0 Å². The number of alkyl halides is 1. The quantitative estimate of drug-likeness (QED) is 0.347. The van der Waals surface area contributed by atoms with E-state index in [9.17, 15) is 8.78 Å². The number of aromatic nitrogens is 3. The maximum Gasteiger partial charge on any atom is 0.319 e. The Hall–Kier alpha value is -3.70. The zero-order chi connectivity index (χ0) is 29.3. The Morgan fingerprint density at radius 2 is 1.95 bits per heavy atom. The lowest BCUT2D eigenvalue weighted by atomic mass is 9.95. The first-order valence-electron chi connectivity index (χ1n) is 15.2. The molecule has 4 aromatic rings. The molecule has 0 saturated carbocycles. The van der Waals surface area contributed by atoms with Gasteiger partial charge in [0, 0.05) is 43.0 Å². The van der Waals surface area contributed by atoms with Gasteiger partial charge in [-0.25, -0.2) is 18.2 Å². The summed E-state index contributed by atoms with van der Waals surface area (Å²) in [6.07, 6.45) is 2.20. The molecule has 4 aliphatic rings. The van der Waals surface area contributed by atoms with Gasteiger partial charge in [0.1, 0.15) is 47.6 Å². The summed E-state index contributed by atoms with van der Waals surface area (Å²) in [6, 6.07) is 9.93. The van der Waals surface area contributed by atoms with Crippen molar-refractivity contribution in [2.75, 3.05) is 44.3 Å². The zero-order valence-corrected chi connectivity index (χ0v) is 24.0. The van der Waals surface area contributed by atoms with Gasteiger partial charge in [0.15, 0.2) is 5.82 Å². The molecule has 3 saturated heterocycles. The van der Waals surface area contributed by atoms with Crippen molar-refractivity contribution in [3.05, 3.63) is 48.0 Å². The van der Waals surface area contributed by atoms with Crippen LogP contribution in [0.5, 0.6) is 11.9 Å². The van der Waals surface area contributed by atoms with E-state index in [1.54, 1.807) is 30.3 Å². The number of fused-ring (bicyclic) bond motifs is 4. The summed E-state index contributed by atoms with van der Waals surface area (Å²) in [5.41, 5.74) is 0.0986. The number of nitrogens with one attached hydrogen (secondary N) is 1. The van der Waals surface area contributed by atoms with Crippen molar-refractivity contribution in [2.24, 2.45) is 0 Å². The van der Waals surface area contributed by atoms with Crippen LogP contribution in [0, 0.1) is 11.6 Å². The van der Waals surface area contributed by atoms with Gasteiger partial charge in [0.2, 0.25) is 5.88 Å². The Bertz CT molecular complexity index is 1740. The number of halogens is 3. The average Bonchev–Trinajstić information content (AvgIpc) is 3.49. The Morgan fingerprint density at radius 3 is 2.84 bits per heavy atom. The topological polar surface area (TPSA) is 75.6 Å². The van der Waals surface area contributed by atoms with Crippen LogP contribution in [-0.2, 0) is 0 Å². The van der Waals surface area contributed by atoms with E-state index >= 15 is 4.39 Å². The number of pyridine rings is 1. The fourth-order valence-electron chi connectivity index (χ4n) is 7.72. The van der Waals surface area contributed by atoms with Crippen LogP contribution in [0.3, 0.4) is 0 Å². The van der Waals surface area contributed by atoms with Crippen LogP contribution in [0.1, 0.15) is 32.6 Å². The predicted molar refractivity (Wildman–Crippen MR) is 157 cm³/mol. The largest absolute Gasteiger partial charge is 0.475 e. The Morgan fingerprint density at radius 1 is 1.09 bits per heavy atom. The van der Waals surface area contributed by atoms with Gasteiger partial charge >= 0.3 is 6.01 Å². The summed E-state index contributed by atoms with van der Waals surface area (Å²) in [5.74, 6) is -0.288. The van der Waals surface area contributed by atoms with Crippen molar-refractivity contribution < 1.29 is 22.6 Å². The molecule has 3 fully saturated rings. The van der Waals surface area contributed by atoms with Gasteiger partial charge in [-0.1, -0.05) is 37.3 Å². The summed E-state index contributed by atoms with van der Waals surface area (Å²) in [5, 5.41) is 4.87. The van der Waals surface area contributed by atoms with Crippen LogP contribution in [0.25, 0.3) is 32.9 Å². The molecule has 8 rings (SSSR count). The van der Waals surface area contributed by atoms with E-state index in [1.807, 2.05) is 0 Å². The summed E-state index contributed by atoms with van der Waals surface area (Å²) in [6.45, 7) is 5.29. The fraction of sp³-hybridized carbons (Fsp3) is 0.469. The first-order chi connectivity index (χ1) is 21.0. The van der Waals surface area contributed by atoms with Gasteiger partial charge in [0.05, 0.1) is 11.6 Å². The highest BCUT2D eigenvalue weighted by Gasteiger charge is 2.49. The van der Waals surface area contributed by atoms with Gasteiger partial charge in [-0.05, 0) is 37.3 Å². The lowest BCUT2D eigenvalue weighted by molar-refractivity contribution is 0.107. The van der Waals surface area contributed by atoms with E-state index in [4.69, 9.17) is 19.4 Å². The van der Waals surface area contributed by atoms with E-state index in [2.05, 4.69) is 27.0 Å². The molecule has 0 aliphatic carbocycles. The molecule has 224 valence electrons. The number of rotatable bonds is 5. The standard InChI is InChI=1S/C32H33F3N6O2/c1-2-23-24-16-42-30-25-28(26(35)27(37-30)21-8-3-7-20-19(21)6-4-9-22(20)34)38-31(39-29(25)41(24)13-11-36-23)43-17-32-10-5-12-40(32)15-18(33)14-32/h3-4,6-9,18,23-24,36H,2,5,10-17H2,1H3/t18-,23+,24-,32+/m1/s1. The number of hydrogen-bond acceptors (Lipinski definition) is 8. The number of piperazine rings is 1. The van der Waals surface area contributed by atoms with Gasteiger partial charge in [-0.15, -0.1) is 0 Å². The number of hydrogen-bond donors (Lipinski definition) is 1. The lowest BCUT2D eigenvalue weighted by Crippen LogP contribution is -2.60. The molecule has 0 spiro atoms. The highest BCUT2D eigenvalue weighted by Crippen LogP contribution is 2.44. The molecule has 2 aromatic carbocycles. The Kier molecular flexibility index (Phi) is 6.38. The fourth-order valence-corrected chi connectivity index (χ4v) is 7.72. The van der Waals surface area contributed by atoms with Gasteiger partial charge in [-0.2, -0.15) is 9.97 Å². The average molecular weight is 591 g/mol. The molecule has 1 N–H and O–H groups in total. The minimum Gasteiger partial charge on any atom is -0.475 e. The predicted octanol–water partition coefficient (Wildman–Crippen LogP) is 5.03. The van der Waals surface area contributed by atoms with E-state index < -0.39 is 23.3 Å². The van der Waals surface area contributed by atoms with E-state index in [0.717, 1.165) is 32.4 Å². The summed E-state index contributed by atoms with van der Waals surface area (Å²) < 4.78 is 58.5. The van der Waals surface area contributed by atoms with Gasteiger partial charge < -0.3 is 19.7 Å². The van der Waals surface area contributed by atoms with Crippen molar-refractivity contribution in [1.82, 2.24) is 25.2 Å². The molecule has 0 bridgehead atoms. The third-order valence-corrected chi connectivity index (χ3v) is 9.79. The van der Waals surface area contributed by atoms with Crippen molar-refractivity contribution in [2.45, 2.75) is 56.4 Å². The number of nitrogens with zero attached hydrogens (tertiary/aromatic N) is 5. The Balaban J connectivity index is 1.30. The number of benzene rings is 2. The lowest BCUT2D eigenvalue weighted by Gasteiger charge is -2.41. The van der Waals surface area contributed by atoms with Crippen molar-refractivity contribution >= 4 is 27.5 Å². The van der Waals surface area contributed by atoms with Crippen molar-refractivity contribution in [3.63, 3.8) is 0 Å². The number of ether oxygens (including phenoxy) is 2. The molecule has 4 aliphatic heterocycles. The molecular weight excluding hydrogens is 557 g/mol. The maximum atomic E-state index is 16.7. The van der Waals surface area contributed by atoms with Gasteiger partial charge in [-0.3, -0.25) is 4.90 Å². The molecule has 0 radical (unpaired) electrons. The van der Waals surface area contributed by atoms with E-state index in [1.165, 1.54) is 6.07 Å². The summed E-state index contributed by atoms with van der Waals surface area (Å²) in [4.78, 5) is 18.5. The highest BCUT2D eigenvalue weighted by molar-refractivity contribution is 6.01. The van der Waals surface area contributed by atoms with Crippen LogP contribution < -0.4 is 19.7 Å². The molecule has 8 nitrogen and oxygen atoms in total. The SMILES string of the molecule is CC[C@@H]1NCCN2c3nc(OC[C@@]45CCCN4C[C@H](F)C5)nc4c(F)c(-c5cccc6c(F)cccc56)nc(c34)OC[C@H]12. The third kappa shape index (κ3) is 4.22. The van der Waals surface area contributed by atoms with Crippen LogP contribution in [0.15, 0.2) is 36.4 Å². The molecular formula is C32H33F3N6O2. The summed E-state index contributed by atoms with van der Waals surface area (Å²) in [7, 11) is 0. The maximum absolute atomic E-state index is 16.7. The first-order valence-corrected chi connectivity index (χ1v) is 15.2. The minimum atomic E-state index is -0.894.